The molecule has 15 nitrogen and oxygen atoms in total. The van der Waals surface area contributed by atoms with Gasteiger partial charge in [-0.25, -0.2) is 0 Å². The van der Waals surface area contributed by atoms with Crippen LogP contribution in [0.25, 0.3) is 54.6 Å². The Hall–Kier alpha value is -6.60. The molecule has 0 aliphatic heterocycles. The van der Waals surface area contributed by atoms with Crippen molar-refractivity contribution < 1.29 is 130 Å². The monoisotopic (exact) mass is 2470 g/mol. The predicted molar refractivity (Wildman–Crippen MR) is 578 cm³/mol. The van der Waals surface area contributed by atoms with Gasteiger partial charge in [-0.1, -0.05) is 353 Å². The van der Waals surface area contributed by atoms with Gasteiger partial charge >= 0.3 is 189 Å². The minimum absolute atomic E-state index is 0.121. The quantitative estimate of drug-likeness (QED) is 0.0593. The number of halogens is 10. The summed E-state index contributed by atoms with van der Waals surface area (Å²) in [5, 5.41) is 104. The average molecular weight is 2480 g/mol. The Morgan fingerprint density at radius 1 is 0.213 bits per heavy atom. The van der Waals surface area contributed by atoms with E-state index in [1.165, 1.54) is 41.5 Å². The number of hydrogen-bond donors (Lipinski definition) is 5. The number of para-hydroxylation sites is 5. The number of hydrogen-bond acceptors (Lipinski definition) is 15. The van der Waals surface area contributed by atoms with E-state index >= 15 is 0 Å². The van der Waals surface area contributed by atoms with Crippen molar-refractivity contribution in [3.8, 4) is 51.0 Å². The first kappa shape index (κ1) is 120. The molecule has 2 aliphatic carbocycles. The molecule has 0 radical (unpaired) electrons. The standard InChI is InChI=1S/C28H26N2O.C24H22N2O.C20H24N2O.C20H20N2O.C19H22N2O.10ClH.5Zr/c1-28(2,3)24-18-11-19-25(27(24)31)29-30-26-22(20-12-6-4-7-13-20)16-10-17-23(26)21-14-8-5-9-15-21;1-24(2,3)20-13-8-14-21(23(20)27)25-26-22-18-11-6-4-9-16(18)15-17-10-5-7-12-19(17)22;2*1-20(2,3)16-11-7-13-18(19(16)23)22-21-17-12-6-9-14-8-4-5-10-15(14)17;1-19(2,3)15-10-6-12-17(18(15)22)21-20-16-11-5-8-13-7-4-9-14(13)16;;;;;;;;;;;;;;;/h4-19,31H,1-3H3;4-15,27H,1-3H3;6-7,9,11-13,23H,4-5,8,10H2,1-3H3;4-13,23H,1-3H3;5-6,8,10-12,22H,4,7,9H2,1-3H3;10*1H;;;;;/q;;;;;;;;;;;;;;;5*+2/p-10. The van der Waals surface area contributed by atoms with Crippen LogP contribution < -0.4 is 0 Å². The molecule has 0 aromatic heterocycles. The average Bonchev–Trinajstić information content (AvgIpc) is 0.774. The van der Waals surface area contributed by atoms with Crippen LogP contribution in [0.2, 0.25) is 0 Å². The molecule has 0 heterocycles. The molecule has 30 heteroatoms. The molecule has 5 N–H and O–H groups in total. The Labute approximate surface area is 923 Å². The van der Waals surface area contributed by atoms with Crippen LogP contribution >= 0.6 is 85.1 Å². The number of nitrogens with zero attached hydrogens (tertiary/aromatic N) is 10. The van der Waals surface area contributed by atoms with Crippen molar-refractivity contribution in [1.29, 1.82) is 0 Å². The van der Waals surface area contributed by atoms with E-state index in [1.54, 1.807) is 24.3 Å². The first-order valence-corrected chi connectivity index (χ1v) is 76.9. The van der Waals surface area contributed by atoms with Crippen LogP contribution in [0.4, 0.5) is 56.9 Å². The van der Waals surface area contributed by atoms with Gasteiger partial charge in [0.15, 0.2) is 0 Å². The molecule has 0 unspecified atom stereocenters. The normalized spacial score (nSPS) is 12.1. The maximum absolute atomic E-state index is 10.8. The summed E-state index contributed by atoms with van der Waals surface area (Å²) in [5.41, 5.74) is 19.9. The third-order valence-electron chi connectivity index (χ3n) is 22.6. The SMILES string of the molecule is CC(C)(C)c1cccc(N=Nc2c(-c3ccccc3)cccc2-c2ccccc2)c1O.CC(C)(C)c1cccc(N=Nc2c3ccccc3cc3ccccc23)c1O.CC(C)(C)c1cccc(N=Nc2cccc3c2CCC3)c1O.CC(C)(C)c1cccc(N=Nc2cccc3c2CCCC3)c1O.CC(C)(C)c1cccc(N=Nc2cccc3ccccc23)c1O.[Cl][Zr][Cl].[Cl][Zr][Cl].[Cl][Zr][Cl].[Cl][Zr][Cl].[Cl][Zr][Cl]. The number of fused-ring (bicyclic) bond motifs is 5. The first-order valence-electron chi connectivity index (χ1n) is 45.2. The summed E-state index contributed by atoms with van der Waals surface area (Å²) in [7, 11) is 49.3. The number of rotatable bonds is 12. The fraction of sp³-hybridized carbons (Fsp3) is 0.243. The summed E-state index contributed by atoms with van der Waals surface area (Å²) in [5.74, 6) is 1.03. The first-order chi connectivity index (χ1) is 67.4. The molecule has 15 aromatic rings. The van der Waals surface area contributed by atoms with Crippen LogP contribution in [0.1, 0.15) is 173 Å². The molecule has 728 valence electrons. The fourth-order valence-corrected chi connectivity index (χ4v) is 15.9. The van der Waals surface area contributed by atoms with Crippen LogP contribution in [-0.4, -0.2) is 25.5 Å². The van der Waals surface area contributed by atoms with Crippen molar-refractivity contribution >= 4 is 174 Å². The summed E-state index contributed by atoms with van der Waals surface area (Å²) in [6, 6.07) is 99.7. The Morgan fingerprint density at radius 3 is 0.794 bits per heavy atom. The molecular formula is C111H114Cl10N10O5Zr5. The van der Waals surface area contributed by atoms with Gasteiger partial charge in [0.25, 0.3) is 0 Å². The van der Waals surface area contributed by atoms with E-state index in [4.69, 9.17) is 85.1 Å². The Bertz CT molecular complexity index is 6590. The molecule has 0 saturated carbocycles. The van der Waals surface area contributed by atoms with Gasteiger partial charge in [-0.05, 0) is 176 Å². The van der Waals surface area contributed by atoms with Crippen molar-refractivity contribution in [2.75, 3.05) is 0 Å². The van der Waals surface area contributed by atoms with Crippen LogP contribution in [0.15, 0.2) is 354 Å². The molecule has 141 heavy (non-hydrogen) atoms. The predicted octanol–water partition coefficient (Wildman–Crippen LogP) is 40.6. The van der Waals surface area contributed by atoms with E-state index in [1.807, 2.05) is 200 Å². The van der Waals surface area contributed by atoms with Crippen molar-refractivity contribution in [1.82, 2.24) is 0 Å². The van der Waals surface area contributed by atoms with E-state index in [9.17, 15) is 25.5 Å². The molecule has 0 spiro atoms. The third-order valence-corrected chi connectivity index (χ3v) is 22.6. The van der Waals surface area contributed by atoms with Gasteiger partial charge in [0.05, 0.1) is 17.1 Å². The topological polar surface area (TPSA) is 225 Å². The third kappa shape index (κ3) is 36.2. The van der Waals surface area contributed by atoms with Gasteiger partial charge in [0.2, 0.25) is 0 Å². The van der Waals surface area contributed by atoms with Crippen molar-refractivity contribution in [2.45, 2.75) is 176 Å². The van der Waals surface area contributed by atoms with E-state index in [2.05, 4.69) is 234 Å². The Balaban J connectivity index is 0.000000209. The number of aryl methyl sites for hydroxylation is 2. The van der Waals surface area contributed by atoms with Gasteiger partial charge < -0.3 is 25.5 Å². The molecule has 17 rings (SSSR count). The molecule has 2 aliphatic rings. The van der Waals surface area contributed by atoms with Crippen LogP contribution in [0.5, 0.6) is 28.7 Å². The van der Waals surface area contributed by atoms with Gasteiger partial charge in [0.1, 0.15) is 68.6 Å². The molecule has 0 saturated heterocycles. The Kier molecular flexibility index (Phi) is 50.9. The zero-order valence-electron chi connectivity index (χ0n) is 81.3. The number of azo groups is 5. The molecule has 0 fully saturated rings. The van der Waals surface area contributed by atoms with Crippen molar-refractivity contribution in [2.24, 2.45) is 51.1 Å². The second-order valence-electron chi connectivity index (χ2n) is 37.5. The summed E-state index contributed by atoms with van der Waals surface area (Å²) < 4.78 is 0. The molecule has 15 aromatic carbocycles. The molecule has 0 atom stereocenters. The van der Waals surface area contributed by atoms with Gasteiger partial charge in [-0.3, -0.25) is 0 Å². The zero-order valence-corrected chi connectivity index (χ0v) is 101. The van der Waals surface area contributed by atoms with E-state index < -0.39 is 104 Å². The molecular weight excluding hydrogens is 2360 g/mol. The maximum atomic E-state index is 10.8. The number of benzene rings is 15. The number of aromatic hydroxyl groups is 5. The van der Waals surface area contributed by atoms with E-state index in [0.29, 0.717) is 28.4 Å². The number of phenolic OH excluding ortho intramolecular Hbond substituents is 5. The molecule has 0 bridgehead atoms. The minimum atomic E-state index is -0.826. The van der Waals surface area contributed by atoms with Gasteiger partial charge in [-0.15, -0.1) is 40.9 Å². The summed E-state index contributed by atoms with van der Waals surface area (Å²) in [6.45, 7) is 31.1. The van der Waals surface area contributed by atoms with E-state index in [-0.39, 0.29) is 55.8 Å². The summed E-state index contributed by atoms with van der Waals surface area (Å²) >= 11 is -4.13. The van der Waals surface area contributed by atoms with E-state index in [0.717, 1.165) is 137 Å². The van der Waals surface area contributed by atoms with Crippen LogP contribution in [-0.2, 0) is 157 Å². The summed E-state index contributed by atoms with van der Waals surface area (Å²) in [6.07, 6.45) is 8.04. The summed E-state index contributed by atoms with van der Waals surface area (Å²) in [4.78, 5) is 0. The fourth-order valence-electron chi connectivity index (χ4n) is 15.9. The number of phenols is 5. The van der Waals surface area contributed by atoms with Gasteiger partial charge in [0, 0.05) is 55.1 Å². The van der Waals surface area contributed by atoms with Crippen molar-refractivity contribution in [3.63, 3.8) is 0 Å². The second-order valence-corrected chi connectivity index (χ2v) is 56.1. The Morgan fingerprint density at radius 2 is 0.447 bits per heavy atom. The van der Waals surface area contributed by atoms with Gasteiger partial charge in [-0.2, -0.15) is 10.2 Å². The molecule has 0 amide bonds. The van der Waals surface area contributed by atoms with Crippen LogP contribution in [0.3, 0.4) is 0 Å². The zero-order chi connectivity index (χ0) is 103. The van der Waals surface area contributed by atoms with Crippen LogP contribution in [0, 0.1) is 0 Å². The van der Waals surface area contributed by atoms with Crippen molar-refractivity contribution in [3.05, 3.63) is 353 Å². The second kappa shape index (κ2) is 60.0.